The Balaban J connectivity index is 2.00. The van der Waals surface area contributed by atoms with Gasteiger partial charge in [0.05, 0.1) is 11.3 Å². The third-order valence-corrected chi connectivity index (χ3v) is 4.29. The topological polar surface area (TPSA) is 113 Å². The number of rotatable bonds is 5. The van der Waals surface area contributed by atoms with E-state index in [2.05, 4.69) is 10.0 Å². The molecule has 1 heterocycles. The van der Waals surface area contributed by atoms with Crippen LogP contribution < -0.4 is 10.0 Å². The number of aromatic carboxylic acids is 1. The summed E-state index contributed by atoms with van der Waals surface area (Å²) in [7, 11) is -3.56. The number of benzene rings is 1. The van der Waals surface area contributed by atoms with Gasteiger partial charge in [-0.15, -0.1) is 0 Å². The van der Waals surface area contributed by atoms with Crippen LogP contribution in [-0.2, 0) is 20.6 Å². The first-order valence-electron chi connectivity index (χ1n) is 5.95. The van der Waals surface area contributed by atoms with Gasteiger partial charge in [-0.2, -0.15) is 0 Å². The normalized spacial score (nSPS) is 18.8. The van der Waals surface area contributed by atoms with Gasteiger partial charge in [0.2, 0.25) is 15.9 Å². The van der Waals surface area contributed by atoms with E-state index >= 15 is 0 Å². The van der Waals surface area contributed by atoms with Gasteiger partial charge in [-0.25, -0.2) is 17.9 Å². The van der Waals surface area contributed by atoms with Gasteiger partial charge in [-0.05, 0) is 17.7 Å². The minimum atomic E-state index is -3.56. The lowest BCUT2D eigenvalue weighted by molar-refractivity contribution is -0.119. The van der Waals surface area contributed by atoms with Crippen LogP contribution in [-0.4, -0.2) is 38.0 Å². The second-order valence-corrected chi connectivity index (χ2v) is 6.34. The molecular weight excluding hydrogens is 284 g/mol. The van der Waals surface area contributed by atoms with Crippen LogP contribution in [0.15, 0.2) is 24.3 Å². The van der Waals surface area contributed by atoms with Gasteiger partial charge >= 0.3 is 5.97 Å². The molecule has 1 fully saturated rings. The second-order valence-electron chi connectivity index (χ2n) is 4.58. The first-order valence-corrected chi connectivity index (χ1v) is 7.60. The van der Waals surface area contributed by atoms with Gasteiger partial charge in [0, 0.05) is 19.0 Å². The number of amides is 1. The Hall–Kier alpha value is -1.93. The molecule has 0 saturated carbocycles. The molecule has 1 amide bonds. The molecule has 0 radical (unpaired) electrons. The summed E-state index contributed by atoms with van der Waals surface area (Å²) in [6.45, 7) is 0.288. The van der Waals surface area contributed by atoms with Crippen LogP contribution in [0.2, 0.25) is 0 Å². The summed E-state index contributed by atoms with van der Waals surface area (Å²) in [6.07, 6.45) is 0.136. The molecule has 1 atom stereocenters. The smallest absolute Gasteiger partial charge is 0.335 e. The highest BCUT2D eigenvalue weighted by molar-refractivity contribution is 7.88. The average molecular weight is 298 g/mol. The molecule has 1 saturated heterocycles. The highest BCUT2D eigenvalue weighted by Crippen LogP contribution is 2.10. The molecule has 108 valence electrons. The lowest BCUT2D eigenvalue weighted by Crippen LogP contribution is -2.36. The van der Waals surface area contributed by atoms with Crippen molar-refractivity contribution in [1.82, 2.24) is 10.0 Å². The average Bonchev–Trinajstić information content (AvgIpc) is 2.73. The van der Waals surface area contributed by atoms with Crippen LogP contribution in [0.25, 0.3) is 0 Å². The van der Waals surface area contributed by atoms with E-state index in [-0.39, 0.29) is 30.2 Å². The fourth-order valence-electron chi connectivity index (χ4n) is 1.95. The van der Waals surface area contributed by atoms with Crippen LogP contribution in [0.5, 0.6) is 0 Å². The minimum Gasteiger partial charge on any atom is -0.478 e. The summed E-state index contributed by atoms with van der Waals surface area (Å²) < 4.78 is 26.3. The SMILES string of the molecule is O=C1CC(NS(=O)(=O)Cc2ccc(C(=O)O)cc2)CN1. The highest BCUT2D eigenvalue weighted by Gasteiger charge is 2.25. The van der Waals surface area contributed by atoms with Gasteiger partial charge in [0.1, 0.15) is 0 Å². The molecule has 1 aliphatic rings. The number of carboxylic acids is 1. The molecule has 1 unspecified atom stereocenters. The monoisotopic (exact) mass is 298 g/mol. The van der Waals surface area contributed by atoms with Gasteiger partial charge < -0.3 is 10.4 Å². The van der Waals surface area contributed by atoms with Crippen molar-refractivity contribution in [3.63, 3.8) is 0 Å². The fourth-order valence-corrected chi connectivity index (χ4v) is 3.34. The van der Waals surface area contributed by atoms with Crippen molar-refractivity contribution in [3.8, 4) is 0 Å². The van der Waals surface area contributed by atoms with Crippen molar-refractivity contribution in [2.45, 2.75) is 18.2 Å². The molecule has 1 aliphatic heterocycles. The minimum absolute atomic E-state index is 0.102. The lowest BCUT2D eigenvalue weighted by atomic mass is 10.1. The second kappa shape index (κ2) is 5.59. The summed E-state index contributed by atoms with van der Waals surface area (Å²) in [5.41, 5.74) is 0.587. The molecular formula is C12H14N2O5S. The maximum absolute atomic E-state index is 11.9. The zero-order valence-electron chi connectivity index (χ0n) is 10.5. The van der Waals surface area contributed by atoms with Crippen LogP contribution in [0.1, 0.15) is 22.3 Å². The van der Waals surface area contributed by atoms with E-state index in [1.165, 1.54) is 24.3 Å². The molecule has 1 aromatic rings. The molecule has 0 aliphatic carbocycles. The Kier molecular flexibility index (Phi) is 4.05. The van der Waals surface area contributed by atoms with Crippen LogP contribution in [0.3, 0.4) is 0 Å². The molecule has 8 heteroatoms. The molecule has 1 aromatic carbocycles. The molecule has 0 bridgehead atoms. The summed E-state index contributed by atoms with van der Waals surface area (Å²) in [6, 6.07) is 5.20. The number of nitrogens with one attached hydrogen (secondary N) is 2. The molecule has 2 rings (SSSR count). The first-order chi connectivity index (χ1) is 9.35. The summed E-state index contributed by atoms with van der Waals surface area (Å²) in [4.78, 5) is 21.7. The van der Waals surface area contributed by atoms with E-state index in [1.807, 2.05) is 0 Å². The number of sulfonamides is 1. The molecule has 3 N–H and O–H groups in total. The molecule has 0 spiro atoms. The van der Waals surface area contributed by atoms with Gasteiger partial charge in [0.15, 0.2) is 0 Å². The van der Waals surface area contributed by atoms with Crippen LogP contribution >= 0.6 is 0 Å². The third kappa shape index (κ3) is 3.78. The molecule has 7 nitrogen and oxygen atoms in total. The third-order valence-electron chi connectivity index (χ3n) is 2.88. The van der Waals surface area contributed by atoms with Crippen molar-refractivity contribution in [1.29, 1.82) is 0 Å². The van der Waals surface area contributed by atoms with Crippen molar-refractivity contribution in [3.05, 3.63) is 35.4 Å². The van der Waals surface area contributed by atoms with Crippen molar-refractivity contribution >= 4 is 21.9 Å². The van der Waals surface area contributed by atoms with E-state index < -0.39 is 22.0 Å². The predicted octanol–water partition coefficient (Wildman–Crippen LogP) is -0.307. The number of carboxylic acid groups (broad SMARTS) is 1. The number of hydrogen-bond acceptors (Lipinski definition) is 4. The summed E-state index contributed by atoms with van der Waals surface area (Å²) >= 11 is 0. The zero-order chi connectivity index (χ0) is 14.8. The highest BCUT2D eigenvalue weighted by atomic mass is 32.2. The maximum atomic E-state index is 11.9. The van der Waals surface area contributed by atoms with Crippen molar-refractivity contribution in [2.24, 2.45) is 0 Å². The van der Waals surface area contributed by atoms with Gasteiger partial charge in [-0.3, -0.25) is 4.79 Å². The summed E-state index contributed by atoms with van der Waals surface area (Å²) in [5, 5.41) is 11.3. The Bertz CT molecular complexity index is 624. The van der Waals surface area contributed by atoms with Crippen molar-refractivity contribution in [2.75, 3.05) is 6.54 Å². The van der Waals surface area contributed by atoms with Gasteiger partial charge in [-0.1, -0.05) is 12.1 Å². The maximum Gasteiger partial charge on any atom is 0.335 e. The number of carbonyl (C=O) groups is 2. The van der Waals surface area contributed by atoms with E-state index in [9.17, 15) is 18.0 Å². The number of hydrogen-bond donors (Lipinski definition) is 3. The largest absolute Gasteiger partial charge is 0.478 e. The Labute approximate surface area is 116 Å². The lowest BCUT2D eigenvalue weighted by Gasteiger charge is -2.11. The van der Waals surface area contributed by atoms with E-state index in [4.69, 9.17) is 5.11 Å². The number of carbonyl (C=O) groups excluding carboxylic acids is 1. The Morgan fingerprint density at radius 3 is 2.50 bits per heavy atom. The predicted molar refractivity (Wildman–Crippen MR) is 70.6 cm³/mol. The molecule has 20 heavy (non-hydrogen) atoms. The quantitative estimate of drug-likeness (QED) is 0.690. The standard InChI is InChI=1S/C12H14N2O5S/c15-11-5-10(6-13-11)14-20(18,19)7-8-1-3-9(4-2-8)12(16)17/h1-4,10,14H,5-7H2,(H,13,15)(H,16,17). The van der Waals surface area contributed by atoms with Crippen molar-refractivity contribution < 1.29 is 23.1 Å². The van der Waals surface area contributed by atoms with Gasteiger partial charge in [0.25, 0.3) is 0 Å². The van der Waals surface area contributed by atoms with E-state index in [0.717, 1.165) is 0 Å². The summed E-state index contributed by atoms with van der Waals surface area (Å²) in [5.74, 6) is -1.49. The van der Waals surface area contributed by atoms with E-state index in [1.54, 1.807) is 0 Å². The van der Waals surface area contributed by atoms with E-state index in [0.29, 0.717) is 5.56 Å². The van der Waals surface area contributed by atoms with Crippen LogP contribution in [0.4, 0.5) is 0 Å². The molecule has 0 aromatic heterocycles. The van der Waals surface area contributed by atoms with Crippen LogP contribution in [0, 0.1) is 0 Å². The fraction of sp³-hybridized carbons (Fsp3) is 0.333. The Morgan fingerprint density at radius 1 is 1.35 bits per heavy atom. The first kappa shape index (κ1) is 14.5. The zero-order valence-corrected chi connectivity index (χ0v) is 11.3. The Morgan fingerprint density at radius 2 is 2.00 bits per heavy atom.